The number of carbonyl (C=O) groups is 1. The molecular weight excluding hydrogens is 476 g/mol. The first-order valence-corrected chi connectivity index (χ1v) is 11.7. The SMILES string of the molecule is CCCn1c(=O)c2[nH]c(-c3ccc(OCC(=O)Nc4ccc(C#N)cc4)cc3)nc2n(CCC)c1=O.O. The van der Waals surface area contributed by atoms with E-state index < -0.39 is 0 Å². The second-order valence-electron chi connectivity index (χ2n) is 8.23. The number of amides is 1. The van der Waals surface area contributed by atoms with E-state index >= 15 is 0 Å². The number of nitrogens with one attached hydrogen (secondary N) is 2. The number of aromatic nitrogens is 4. The van der Waals surface area contributed by atoms with E-state index in [0.29, 0.717) is 59.1 Å². The number of hydrogen-bond acceptors (Lipinski definition) is 6. The minimum Gasteiger partial charge on any atom is -0.484 e. The Morgan fingerprint density at radius 3 is 2.30 bits per heavy atom. The lowest BCUT2D eigenvalue weighted by atomic mass is 10.2. The number of ether oxygens (including phenoxy) is 1. The Morgan fingerprint density at radius 1 is 1.03 bits per heavy atom. The fourth-order valence-corrected chi connectivity index (χ4v) is 3.83. The summed E-state index contributed by atoms with van der Waals surface area (Å²) in [4.78, 5) is 45.6. The van der Waals surface area contributed by atoms with Crippen LogP contribution in [0.5, 0.6) is 5.75 Å². The molecule has 4 aromatic rings. The van der Waals surface area contributed by atoms with Gasteiger partial charge in [0.1, 0.15) is 17.1 Å². The van der Waals surface area contributed by atoms with Gasteiger partial charge in [-0.3, -0.25) is 18.7 Å². The van der Waals surface area contributed by atoms with Crippen LogP contribution in [0.1, 0.15) is 32.3 Å². The summed E-state index contributed by atoms with van der Waals surface area (Å²) in [7, 11) is 0. The van der Waals surface area contributed by atoms with Gasteiger partial charge in [-0.25, -0.2) is 9.78 Å². The predicted molar refractivity (Wildman–Crippen MR) is 140 cm³/mol. The van der Waals surface area contributed by atoms with Crippen LogP contribution in [0.2, 0.25) is 0 Å². The molecule has 0 aliphatic rings. The second-order valence-corrected chi connectivity index (χ2v) is 8.23. The molecule has 4 N–H and O–H groups in total. The van der Waals surface area contributed by atoms with Crippen LogP contribution in [0, 0.1) is 11.3 Å². The highest BCUT2D eigenvalue weighted by Gasteiger charge is 2.17. The maximum Gasteiger partial charge on any atom is 0.332 e. The number of nitrogens with zero attached hydrogens (tertiary/aromatic N) is 4. The first kappa shape index (κ1) is 26.9. The lowest BCUT2D eigenvalue weighted by molar-refractivity contribution is -0.118. The quantitative estimate of drug-likeness (QED) is 0.355. The first-order valence-electron chi connectivity index (χ1n) is 11.7. The Morgan fingerprint density at radius 2 is 1.68 bits per heavy atom. The number of aromatic amines is 1. The molecule has 0 aliphatic heterocycles. The molecule has 11 heteroatoms. The summed E-state index contributed by atoms with van der Waals surface area (Å²) in [5, 5.41) is 11.6. The van der Waals surface area contributed by atoms with Gasteiger partial charge in [-0.05, 0) is 61.4 Å². The average Bonchev–Trinajstić information content (AvgIpc) is 3.34. The van der Waals surface area contributed by atoms with Crippen molar-refractivity contribution in [3.05, 3.63) is 74.9 Å². The van der Waals surface area contributed by atoms with Crippen molar-refractivity contribution in [3.8, 4) is 23.2 Å². The monoisotopic (exact) mass is 504 g/mol. The largest absolute Gasteiger partial charge is 0.484 e. The number of nitriles is 1. The maximum atomic E-state index is 12.9. The molecule has 4 rings (SSSR count). The lowest BCUT2D eigenvalue weighted by Gasteiger charge is -2.09. The van der Waals surface area contributed by atoms with Gasteiger partial charge in [0.2, 0.25) is 0 Å². The molecule has 0 fully saturated rings. The van der Waals surface area contributed by atoms with Crippen LogP contribution in [0.25, 0.3) is 22.6 Å². The average molecular weight is 505 g/mol. The van der Waals surface area contributed by atoms with E-state index in [1.165, 1.54) is 9.13 Å². The van der Waals surface area contributed by atoms with Crippen molar-refractivity contribution in [2.45, 2.75) is 39.8 Å². The zero-order chi connectivity index (χ0) is 25.7. The number of anilines is 1. The van der Waals surface area contributed by atoms with Gasteiger partial charge in [0.05, 0.1) is 11.6 Å². The van der Waals surface area contributed by atoms with Crippen molar-refractivity contribution >= 4 is 22.8 Å². The molecule has 2 aromatic carbocycles. The first-order chi connectivity index (χ1) is 17.4. The van der Waals surface area contributed by atoms with E-state index in [0.717, 1.165) is 6.42 Å². The summed E-state index contributed by atoms with van der Waals surface area (Å²) in [5.74, 6) is 0.613. The minimum atomic E-state index is -0.379. The van der Waals surface area contributed by atoms with Crippen LogP contribution in [0.4, 0.5) is 5.69 Å². The van der Waals surface area contributed by atoms with Gasteiger partial charge in [0.25, 0.3) is 11.5 Å². The predicted octanol–water partition coefficient (Wildman–Crippen LogP) is 2.44. The Hall–Kier alpha value is -4.69. The fraction of sp³-hybridized carbons (Fsp3) is 0.269. The molecule has 0 bridgehead atoms. The standard InChI is InChI=1S/C26H26N6O4.H2O/c1-3-13-31-24-22(25(34)32(14-4-2)26(31)35)29-23(30-24)18-7-11-20(12-8-18)36-16-21(33)28-19-9-5-17(15-27)6-10-19;/h5-12H,3-4,13-14,16H2,1-2H3,(H,28,33)(H,29,30);1H2. The smallest absolute Gasteiger partial charge is 0.332 e. The molecule has 37 heavy (non-hydrogen) atoms. The van der Waals surface area contributed by atoms with Crippen LogP contribution in [0.15, 0.2) is 58.1 Å². The Kier molecular flexibility index (Phi) is 8.60. The van der Waals surface area contributed by atoms with Gasteiger partial charge >= 0.3 is 5.69 Å². The van der Waals surface area contributed by atoms with Gasteiger partial charge in [-0.1, -0.05) is 13.8 Å². The minimum absolute atomic E-state index is 0. The molecule has 11 nitrogen and oxygen atoms in total. The highest BCUT2D eigenvalue weighted by atomic mass is 16.5. The molecule has 2 aromatic heterocycles. The molecule has 0 spiro atoms. The number of fused-ring (bicyclic) bond motifs is 1. The molecule has 0 saturated heterocycles. The van der Waals surface area contributed by atoms with Gasteiger partial charge in [0.15, 0.2) is 12.3 Å². The summed E-state index contributed by atoms with van der Waals surface area (Å²) in [6, 6.07) is 15.5. The molecule has 2 heterocycles. The van der Waals surface area contributed by atoms with Gasteiger partial charge in [-0.15, -0.1) is 0 Å². The van der Waals surface area contributed by atoms with Crippen molar-refractivity contribution in [1.29, 1.82) is 5.26 Å². The highest BCUT2D eigenvalue weighted by Crippen LogP contribution is 2.22. The van der Waals surface area contributed by atoms with Gasteiger partial charge in [0, 0.05) is 24.3 Å². The molecule has 0 aliphatic carbocycles. The molecule has 0 saturated carbocycles. The van der Waals surface area contributed by atoms with E-state index in [9.17, 15) is 14.4 Å². The summed E-state index contributed by atoms with van der Waals surface area (Å²) >= 11 is 0. The normalized spacial score (nSPS) is 10.5. The van der Waals surface area contributed by atoms with E-state index in [-0.39, 0.29) is 29.2 Å². The van der Waals surface area contributed by atoms with Crippen LogP contribution in [-0.2, 0) is 17.9 Å². The number of H-pyrrole nitrogens is 1. The number of benzene rings is 2. The Balaban J connectivity index is 0.00000380. The van der Waals surface area contributed by atoms with E-state index in [1.54, 1.807) is 48.5 Å². The third kappa shape index (κ3) is 5.76. The van der Waals surface area contributed by atoms with Crippen molar-refractivity contribution in [2.24, 2.45) is 0 Å². The summed E-state index contributed by atoms with van der Waals surface area (Å²) in [6.07, 6.45) is 1.40. The topological polar surface area (TPSA) is 166 Å². The summed E-state index contributed by atoms with van der Waals surface area (Å²) < 4.78 is 8.36. The van der Waals surface area contributed by atoms with Crippen LogP contribution in [-0.4, -0.2) is 37.1 Å². The lowest BCUT2D eigenvalue weighted by Crippen LogP contribution is -2.40. The van der Waals surface area contributed by atoms with Gasteiger partial charge in [-0.2, -0.15) is 5.26 Å². The van der Waals surface area contributed by atoms with E-state index in [1.807, 2.05) is 19.9 Å². The number of rotatable bonds is 9. The van der Waals surface area contributed by atoms with Crippen molar-refractivity contribution in [3.63, 3.8) is 0 Å². The molecular formula is C26H28N6O5. The highest BCUT2D eigenvalue weighted by molar-refractivity contribution is 5.91. The van der Waals surface area contributed by atoms with Crippen molar-refractivity contribution < 1.29 is 15.0 Å². The summed E-state index contributed by atoms with van der Waals surface area (Å²) in [5.41, 5.74) is 1.70. The Bertz CT molecular complexity index is 1540. The number of hydrogen-bond donors (Lipinski definition) is 2. The summed E-state index contributed by atoms with van der Waals surface area (Å²) in [6.45, 7) is 4.49. The molecule has 0 unspecified atom stereocenters. The Labute approximate surface area is 212 Å². The molecule has 0 atom stereocenters. The van der Waals surface area contributed by atoms with Crippen LogP contribution >= 0.6 is 0 Å². The van der Waals surface area contributed by atoms with Crippen LogP contribution < -0.4 is 21.3 Å². The number of imidazole rings is 1. The zero-order valence-corrected chi connectivity index (χ0v) is 20.6. The molecule has 0 radical (unpaired) electrons. The number of carbonyl (C=O) groups excluding carboxylic acids is 1. The van der Waals surface area contributed by atoms with Crippen molar-refractivity contribution in [1.82, 2.24) is 19.1 Å². The molecule has 1 amide bonds. The zero-order valence-electron chi connectivity index (χ0n) is 20.6. The van der Waals surface area contributed by atoms with Crippen molar-refractivity contribution in [2.75, 3.05) is 11.9 Å². The maximum absolute atomic E-state index is 12.9. The molecule has 192 valence electrons. The third-order valence-electron chi connectivity index (χ3n) is 5.55. The fourth-order valence-electron chi connectivity index (χ4n) is 3.83. The third-order valence-corrected chi connectivity index (χ3v) is 5.55. The number of aryl methyl sites for hydroxylation is 1. The van der Waals surface area contributed by atoms with Gasteiger partial charge < -0.3 is 20.5 Å². The van der Waals surface area contributed by atoms with E-state index in [2.05, 4.69) is 15.3 Å². The van der Waals surface area contributed by atoms with Crippen LogP contribution in [0.3, 0.4) is 0 Å². The second kappa shape index (κ2) is 11.8. The van der Waals surface area contributed by atoms with E-state index in [4.69, 9.17) is 10.00 Å².